The summed E-state index contributed by atoms with van der Waals surface area (Å²) >= 11 is 0. The van der Waals surface area contributed by atoms with Crippen molar-refractivity contribution in [2.45, 2.75) is 46.5 Å². The number of imidazole rings is 1. The van der Waals surface area contributed by atoms with Gasteiger partial charge in [-0.3, -0.25) is 4.79 Å². The van der Waals surface area contributed by atoms with Crippen LogP contribution in [-0.2, 0) is 16.6 Å². The minimum absolute atomic E-state index is 0.0228. The van der Waals surface area contributed by atoms with Crippen molar-refractivity contribution in [3.05, 3.63) is 53.6 Å². The van der Waals surface area contributed by atoms with E-state index in [1.54, 1.807) is 11.0 Å². The number of aromatic nitrogens is 3. The first-order valence-electron chi connectivity index (χ1n) is 9.67. The van der Waals surface area contributed by atoms with E-state index in [0.717, 1.165) is 5.56 Å². The molecule has 0 atom stereocenters. The third kappa shape index (κ3) is 3.91. The molecule has 1 amide bonds. The number of carbonyl (C=O) groups is 1. The normalized spacial score (nSPS) is 11.8. The van der Waals surface area contributed by atoms with Crippen LogP contribution in [0.3, 0.4) is 0 Å². The molecule has 0 aliphatic heterocycles. The molecule has 6 heteroatoms. The highest BCUT2D eigenvalue weighted by Crippen LogP contribution is 2.28. The molecule has 0 N–H and O–H groups in total. The second-order valence-electron chi connectivity index (χ2n) is 7.90. The van der Waals surface area contributed by atoms with Gasteiger partial charge in [0.2, 0.25) is 11.9 Å². The first-order valence-corrected chi connectivity index (χ1v) is 9.67. The van der Waals surface area contributed by atoms with E-state index in [0.29, 0.717) is 30.1 Å². The van der Waals surface area contributed by atoms with Gasteiger partial charge in [0.15, 0.2) is 5.65 Å². The molecule has 2 heterocycles. The van der Waals surface area contributed by atoms with E-state index < -0.39 is 5.95 Å². The van der Waals surface area contributed by atoms with Gasteiger partial charge < -0.3 is 4.90 Å². The summed E-state index contributed by atoms with van der Waals surface area (Å²) in [5, 5.41) is 3.96. The molecule has 148 valence electrons. The molecule has 0 aliphatic carbocycles. The van der Waals surface area contributed by atoms with Crippen LogP contribution in [0.15, 0.2) is 36.4 Å². The van der Waals surface area contributed by atoms with E-state index >= 15 is 0 Å². The third-order valence-electron chi connectivity index (χ3n) is 5.00. The van der Waals surface area contributed by atoms with Gasteiger partial charge in [0.25, 0.3) is 0 Å². The van der Waals surface area contributed by atoms with Crippen LogP contribution in [0.1, 0.15) is 45.9 Å². The lowest BCUT2D eigenvalue weighted by Gasteiger charge is -2.19. The maximum atomic E-state index is 13.8. The third-order valence-corrected chi connectivity index (χ3v) is 5.00. The predicted molar refractivity (Wildman–Crippen MR) is 109 cm³/mol. The summed E-state index contributed by atoms with van der Waals surface area (Å²) in [4.78, 5) is 19.1. The molecule has 28 heavy (non-hydrogen) atoms. The fourth-order valence-electron chi connectivity index (χ4n) is 3.31. The van der Waals surface area contributed by atoms with E-state index in [9.17, 15) is 9.18 Å². The lowest BCUT2D eigenvalue weighted by atomic mass is 9.86. The van der Waals surface area contributed by atoms with Crippen molar-refractivity contribution in [1.82, 2.24) is 19.5 Å². The summed E-state index contributed by atoms with van der Waals surface area (Å²) in [6.07, 6.45) is 0.121. The average Bonchev–Trinajstić information content (AvgIpc) is 3.00. The summed E-state index contributed by atoms with van der Waals surface area (Å²) in [6, 6.07) is 11.0. The number of likely N-dealkylation sites (N-methyl/N-ethyl adjacent to an activating group) is 1. The lowest BCUT2D eigenvalue weighted by Crippen LogP contribution is -2.32. The Morgan fingerprint density at radius 1 is 1.07 bits per heavy atom. The Morgan fingerprint density at radius 3 is 2.29 bits per heavy atom. The Bertz CT molecular complexity index is 982. The molecule has 0 saturated heterocycles. The van der Waals surface area contributed by atoms with Gasteiger partial charge in [-0.1, -0.05) is 45.0 Å². The number of halogens is 1. The van der Waals surface area contributed by atoms with Crippen molar-refractivity contribution in [3.8, 4) is 11.3 Å². The number of carbonyl (C=O) groups excluding carboxylic acids is 1. The van der Waals surface area contributed by atoms with Gasteiger partial charge in [-0.25, -0.2) is 9.50 Å². The average molecular weight is 382 g/mol. The topological polar surface area (TPSA) is 50.5 Å². The first-order chi connectivity index (χ1) is 13.2. The van der Waals surface area contributed by atoms with Gasteiger partial charge in [-0.2, -0.15) is 4.39 Å². The lowest BCUT2D eigenvalue weighted by molar-refractivity contribution is -0.130. The molecule has 0 bridgehead atoms. The number of hydrogen-bond donors (Lipinski definition) is 0. The second kappa shape index (κ2) is 7.70. The minimum Gasteiger partial charge on any atom is -0.343 e. The molecule has 3 aromatic rings. The van der Waals surface area contributed by atoms with E-state index in [-0.39, 0.29) is 17.7 Å². The maximum absolute atomic E-state index is 13.8. The Labute approximate surface area is 165 Å². The zero-order valence-corrected chi connectivity index (χ0v) is 17.2. The number of fused-ring (bicyclic) bond motifs is 1. The van der Waals surface area contributed by atoms with E-state index in [2.05, 4.69) is 43.0 Å². The highest BCUT2D eigenvalue weighted by atomic mass is 19.1. The summed E-state index contributed by atoms with van der Waals surface area (Å²) in [6.45, 7) is 11.6. The van der Waals surface area contributed by atoms with E-state index in [1.165, 1.54) is 16.1 Å². The van der Waals surface area contributed by atoms with Crippen LogP contribution in [0.5, 0.6) is 0 Å². The second-order valence-corrected chi connectivity index (χ2v) is 7.90. The highest BCUT2D eigenvalue weighted by Gasteiger charge is 2.21. The Hall–Kier alpha value is -2.76. The standard InChI is InChI=1S/C22H27FN4O/c1-6-26(7-2)20(28)14-17-21(24-19-13-12-18(23)25-27(17)19)15-8-10-16(11-9-15)22(3,4)5/h8-13H,6-7,14H2,1-5H3. The Balaban J connectivity index is 2.10. The van der Waals surface area contributed by atoms with Gasteiger partial charge in [-0.15, -0.1) is 5.10 Å². The van der Waals surface area contributed by atoms with Gasteiger partial charge >= 0.3 is 0 Å². The smallest absolute Gasteiger partial charge is 0.231 e. The molecule has 5 nitrogen and oxygen atoms in total. The molecule has 0 radical (unpaired) electrons. The monoisotopic (exact) mass is 382 g/mol. The maximum Gasteiger partial charge on any atom is 0.231 e. The Morgan fingerprint density at radius 2 is 1.71 bits per heavy atom. The number of nitrogens with zero attached hydrogens (tertiary/aromatic N) is 4. The molecule has 0 spiro atoms. The molecule has 0 aliphatic rings. The van der Waals surface area contributed by atoms with Crippen molar-refractivity contribution in [1.29, 1.82) is 0 Å². The number of benzene rings is 1. The Kier molecular flexibility index (Phi) is 5.49. The molecular weight excluding hydrogens is 355 g/mol. The molecule has 0 unspecified atom stereocenters. The van der Waals surface area contributed by atoms with Crippen molar-refractivity contribution in [2.24, 2.45) is 0 Å². The van der Waals surface area contributed by atoms with Crippen molar-refractivity contribution < 1.29 is 9.18 Å². The summed E-state index contributed by atoms with van der Waals surface area (Å²) in [5.74, 6) is -0.624. The SMILES string of the molecule is CCN(CC)C(=O)Cc1c(-c2ccc(C(C)(C)C)cc2)nc2ccc(F)nn12. The fraction of sp³-hybridized carbons (Fsp3) is 0.409. The number of rotatable bonds is 5. The summed E-state index contributed by atoms with van der Waals surface area (Å²) < 4.78 is 15.2. The van der Waals surface area contributed by atoms with Crippen molar-refractivity contribution in [3.63, 3.8) is 0 Å². The first kappa shape index (κ1) is 20.0. The molecule has 0 saturated carbocycles. The van der Waals surface area contributed by atoms with Crippen LogP contribution in [-0.4, -0.2) is 38.5 Å². The van der Waals surface area contributed by atoms with Crippen LogP contribution in [0.25, 0.3) is 16.9 Å². The van der Waals surface area contributed by atoms with E-state index in [1.807, 2.05) is 26.0 Å². The minimum atomic E-state index is -0.601. The van der Waals surface area contributed by atoms with Crippen LogP contribution < -0.4 is 0 Å². The molecule has 0 fully saturated rings. The predicted octanol–water partition coefficient (Wildman–Crippen LogP) is 4.24. The van der Waals surface area contributed by atoms with Crippen molar-refractivity contribution in [2.75, 3.05) is 13.1 Å². The van der Waals surface area contributed by atoms with Gasteiger partial charge in [0.05, 0.1) is 17.8 Å². The van der Waals surface area contributed by atoms with Crippen LogP contribution in [0, 0.1) is 5.95 Å². The van der Waals surface area contributed by atoms with Crippen LogP contribution in [0.4, 0.5) is 4.39 Å². The molecule has 3 rings (SSSR count). The fourth-order valence-corrected chi connectivity index (χ4v) is 3.31. The van der Waals surface area contributed by atoms with Gasteiger partial charge in [-0.05, 0) is 37.0 Å². The van der Waals surface area contributed by atoms with E-state index in [4.69, 9.17) is 0 Å². The molecule has 1 aromatic carbocycles. The number of hydrogen-bond acceptors (Lipinski definition) is 3. The van der Waals surface area contributed by atoms with Crippen LogP contribution in [0.2, 0.25) is 0 Å². The zero-order valence-electron chi connectivity index (χ0n) is 17.2. The molecule has 2 aromatic heterocycles. The molecular formula is C22H27FN4O. The zero-order chi connectivity index (χ0) is 20.5. The number of amides is 1. The van der Waals surface area contributed by atoms with Gasteiger partial charge in [0.1, 0.15) is 0 Å². The quantitative estimate of drug-likeness (QED) is 0.663. The summed E-state index contributed by atoms with van der Waals surface area (Å²) in [5.41, 5.74) is 3.95. The summed E-state index contributed by atoms with van der Waals surface area (Å²) in [7, 11) is 0. The highest BCUT2D eigenvalue weighted by molar-refractivity contribution is 5.81. The van der Waals surface area contributed by atoms with Crippen molar-refractivity contribution >= 4 is 11.6 Å². The van der Waals surface area contributed by atoms with Gasteiger partial charge in [0, 0.05) is 18.7 Å². The largest absolute Gasteiger partial charge is 0.343 e. The van der Waals surface area contributed by atoms with Crippen LogP contribution >= 0.6 is 0 Å².